The molecule has 0 aromatic carbocycles. The van der Waals surface area contributed by atoms with Crippen molar-refractivity contribution in [1.82, 2.24) is 9.97 Å². The number of aromatic nitrogens is 2. The number of nitrogens with two attached hydrogens (primary N) is 1. The molecule has 1 heterocycles. The highest BCUT2D eigenvalue weighted by Gasteiger charge is 2.10. The van der Waals surface area contributed by atoms with Crippen LogP contribution in [0, 0.1) is 5.92 Å². The first-order valence-electron chi connectivity index (χ1n) is 5.35. The predicted octanol–water partition coefficient (Wildman–Crippen LogP) is 2.97. The van der Waals surface area contributed by atoms with E-state index in [0.29, 0.717) is 11.7 Å². The molecular formula is C11H18BrN3. The van der Waals surface area contributed by atoms with E-state index in [9.17, 15) is 0 Å². The molecule has 84 valence electrons. The molecule has 0 bridgehead atoms. The fraction of sp³-hybridized carbons (Fsp3) is 0.636. The molecule has 0 aliphatic rings. The highest BCUT2D eigenvalue weighted by Crippen LogP contribution is 2.22. The lowest BCUT2D eigenvalue weighted by Crippen LogP contribution is -2.07. The number of nitrogen functional groups attached to an aromatic ring is 1. The molecule has 2 N–H and O–H groups in total. The van der Waals surface area contributed by atoms with Crippen LogP contribution in [0.4, 0.5) is 5.82 Å². The minimum atomic E-state index is 0.556. The molecule has 0 radical (unpaired) electrons. The summed E-state index contributed by atoms with van der Waals surface area (Å²) >= 11 is 3.43. The van der Waals surface area contributed by atoms with E-state index < -0.39 is 0 Å². The minimum absolute atomic E-state index is 0.556. The van der Waals surface area contributed by atoms with Gasteiger partial charge in [0.15, 0.2) is 0 Å². The van der Waals surface area contributed by atoms with E-state index in [4.69, 9.17) is 5.73 Å². The lowest BCUT2D eigenvalue weighted by atomic mass is 10.1. The van der Waals surface area contributed by atoms with E-state index in [1.807, 2.05) is 0 Å². The minimum Gasteiger partial charge on any atom is -0.383 e. The van der Waals surface area contributed by atoms with Gasteiger partial charge in [-0.05, 0) is 28.3 Å². The Hall–Kier alpha value is -0.640. The molecule has 0 atom stereocenters. The van der Waals surface area contributed by atoms with Crippen LogP contribution in [0.25, 0.3) is 0 Å². The van der Waals surface area contributed by atoms with E-state index >= 15 is 0 Å². The lowest BCUT2D eigenvalue weighted by molar-refractivity contribution is 0.617. The second kappa shape index (κ2) is 5.45. The summed E-state index contributed by atoms with van der Waals surface area (Å²) in [5.74, 6) is 1.97. The Morgan fingerprint density at radius 1 is 1.33 bits per heavy atom. The Bertz CT molecular complexity index is 337. The third kappa shape index (κ3) is 3.45. The molecule has 0 spiro atoms. The van der Waals surface area contributed by atoms with Crippen LogP contribution in [-0.2, 0) is 12.8 Å². The summed E-state index contributed by atoms with van der Waals surface area (Å²) in [7, 11) is 0. The summed E-state index contributed by atoms with van der Waals surface area (Å²) in [6, 6.07) is 0. The van der Waals surface area contributed by atoms with Crippen molar-refractivity contribution in [2.24, 2.45) is 5.92 Å². The summed E-state index contributed by atoms with van der Waals surface area (Å²) < 4.78 is 0.858. The second-order valence-corrected chi connectivity index (χ2v) is 4.93. The van der Waals surface area contributed by atoms with Crippen molar-refractivity contribution in [2.75, 3.05) is 5.73 Å². The highest BCUT2D eigenvalue weighted by molar-refractivity contribution is 9.10. The Balaban J connectivity index is 3.00. The summed E-state index contributed by atoms with van der Waals surface area (Å²) in [5.41, 5.74) is 6.86. The van der Waals surface area contributed by atoms with Crippen LogP contribution in [0.15, 0.2) is 4.47 Å². The zero-order chi connectivity index (χ0) is 11.4. The van der Waals surface area contributed by atoms with E-state index in [-0.39, 0.29) is 0 Å². The van der Waals surface area contributed by atoms with Crippen LogP contribution < -0.4 is 5.73 Å². The number of hydrogen-bond acceptors (Lipinski definition) is 3. The molecular weight excluding hydrogens is 254 g/mol. The van der Waals surface area contributed by atoms with Crippen LogP contribution >= 0.6 is 15.9 Å². The van der Waals surface area contributed by atoms with Crippen LogP contribution in [0.2, 0.25) is 0 Å². The van der Waals surface area contributed by atoms with Crippen molar-refractivity contribution in [3.63, 3.8) is 0 Å². The molecule has 15 heavy (non-hydrogen) atoms. The van der Waals surface area contributed by atoms with Gasteiger partial charge in [-0.2, -0.15) is 0 Å². The van der Waals surface area contributed by atoms with Crippen molar-refractivity contribution >= 4 is 21.7 Å². The van der Waals surface area contributed by atoms with Gasteiger partial charge in [0.2, 0.25) is 0 Å². The maximum absolute atomic E-state index is 5.83. The van der Waals surface area contributed by atoms with Crippen molar-refractivity contribution in [1.29, 1.82) is 0 Å². The van der Waals surface area contributed by atoms with Crippen molar-refractivity contribution in [2.45, 2.75) is 40.0 Å². The molecule has 0 unspecified atom stereocenters. The molecule has 4 heteroatoms. The normalized spacial score (nSPS) is 11.0. The average molecular weight is 272 g/mol. The summed E-state index contributed by atoms with van der Waals surface area (Å²) in [5, 5.41) is 0. The van der Waals surface area contributed by atoms with Crippen molar-refractivity contribution in [3.8, 4) is 0 Å². The van der Waals surface area contributed by atoms with Crippen molar-refractivity contribution < 1.29 is 0 Å². The summed E-state index contributed by atoms with van der Waals surface area (Å²) in [6.07, 6.45) is 2.89. The fourth-order valence-electron chi connectivity index (χ4n) is 1.42. The lowest BCUT2D eigenvalue weighted by Gasteiger charge is -2.09. The quantitative estimate of drug-likeness (QED) is 0.916. The number of nitrogens with zero attached hydrogens (tertiary/aromatic N) is 2. The SMILES string of the molecule is CCCc1nc(CC(C)C)nc(N)c1Br. The van der Waals surface area contributed by atoms with E-state index in [1.165, 1.54) is 0 Å². The molecule has 3 nitrogen and oxygen atoms in total. The van der Waals surface area contributed by atoms with Crippen LogP contribution in [-0.4, -0.2) is 9.97 Å². The topological polar surface area (TPSA) is 51.8 Å². The largest absolute Gasteiger partial charge is 0.383 e. The molecule has 0 fully saturated rings. The molecule has 0 aliphatic carbocycles. The van der Waals surface area contributed by atoms with Crippen molar-refractivity contribution in [3.05, 3.63) is 16.0 Å². The Morgan fingerprint density at radius 3 is 2.53 bits per heavy atom. The van der Waals surface area contributed by atoms with Gasteiger partial charge in [-0.25, -0.2) is 9.97 Å². The monoisotopic (exact) mass is 271 g/mol. The fourth-order valence-corrected chi connectivity index (χ4v) is 1.80. The van der Waals surface area contributed by atoms with Gasteiger partial charge >= 0.3 is 0 Å². The maximum atomic E-state index is 5.83. The van der Waals surface area contributed by atoms with Gasteiger partial charge in [0.05, 0.1) is 10.2 Å². The standard InChI is InChI=1S/C11H18BrN3/c1-4-5-8-10(12)11(13)15-9(14-8)6-7(2)3/h7H,4-6H2,1-3H3,(H2,13,14,15). The Labute approximate surface area is 99.6 Å². The van der Waals surface area contributed by atoms with E-state index in [2.05, 4.69) is 46.7 Å². The van der Waals surface area contributed by atoms with Gasteiger partial charge in [-0.3, -0.25) is 0 Å². The van der Waals surface area contributed by atoms with E-state index in [1.54, 1.807) is 0 Å². The molecule has 0 amide bonds. The van der Waals surface area contributed by atoms with Gasteiger partial charge in [-0.15, -0.1) is 0 Å². The zero-order valence-electron chi connectivity index (χ0n) is 9.55. The molecule has 0 aliphatic heterocycles. The third-order valence-electron chi connectivity index (χ3n) is 2.07. The van der Waals surface area contributed by atoms with Gasteiger partial charge in [0.1, 0.15) is 11.6 Å². The number of anilines is 1. The first-order valence-corrected chi connectivity index (χ1v) is 6.14. The van der Waals surface area contributed by atoms with E-state index in [0.717, 1.165) is 35.3 Å². The Kier molecular flexibility index (Phi) is 4.51. The van der Waals surface area contributed by atoms with Crippen LogP contribution in [0.1, 0.15) is 38.7 Å². The predicted molar refractivity (Wildman–Crippen MR) is 66.7 cm³/mol. The van der Waals surface area contributed by atoms with Crippen LogP contribution in [0.5, 0.6) is 0 Å². The van der Waals surface area contributed by atoms with Crippen LogP contribution in [0.3, 0.4) is 0 Å². The van der Waals surface area contributed by atoms with Gasteiger partial charge < -0.3 is 5.73 Å². The molecule has 0 saturated carbocycles. The highest BCUT2D eigenvalue weighted by atomic mass is 79.9. The summed E-state index contributed by atoms with van der Waals surface area (Å²) in [4.78, 5) is 8.80. The molecule has 0 saturated heterocycles. The number of halogens is 1. The maximum Gasteiger partial charge on any atom is 0.141 e. The zero-order valence-corrected chi connectivity index (χ0v) is 11.1. The van der Waals surface area contributed by atoms with Gasteiger partial charge in [0.25, 0.3) is 0 Å². The number of hydrogen-bond donors (Lipinski definition) is 1. The molecule has 1 rings (SSSR count). The first-order chi connectivity index (χ1) is 7.04. The molecule has 1 aromatic rings. The third-order valence-corrected chi connectivity index (χ3v) is 2.93. The smallest absolute Gasteiger partial charge is 0.141 e. The average Bonchev–Trinajstić information content (AvgIpc) is 2.12. The number of rotatable bonds is 4. The molecule has 1 aromatic heterocycles. The Morgan fingerprint density at radius 2 is 2.00 bits per heavy atom. The first kappa shape index (κ1) is 12.4. The number of aryl methyl sites for hydroxylation is 1. The van der Waals surface area contributed by atoms with Gasteiger partial charge in [-0.1, -0.05) is 27.2 Å². The summed E-state index contributed by atoms with van der Waals surface area (Å²) in [6.45, 7) is 6.44. The van der Waals surface area contributed by atoms with Gasteiger partial charge in [0, 0.05) is 6.42 Å². The second-order valence-electron chi connectivity index (χ2n) is 4.13.